The molecule has 2 aromatic heterocycles. The normalized spacial score (nSPS) is 16.0. The van der Waals surface area contributed by atoms with Gasteiger partial charge in [-0.1, -0.05) is 0 Å². The molecule has 0 aliphatic carbocycles. The number of aromatic nitrogens is 4. The Balaban J connectivity index is 1.66. The molecule has 9 heteroatoms. The number of halogens is 1. The summed E-state index contributed by atoms with van der Waals surface area (Å²) in [5.74, 6) is -0.320. The zero-order valence-electron chi connectivity index (χ0n) is 19.9. The Morgan fingerprint density at radius 1 is 1.26 bits per heavy atom. The topological polar surface area (TPSA) is 91.8 Å². The van der Waals surface area contributed by atoms with Crippen LogP contribution in [0.4, 0.5) is 4.39 Å². The number of rotatable bonds is 4. The Morgan fingerprint density at radius 2 is 2.09 bits per heavy atom. The van der Waals surface area contributed by atoms with Gasteiger partial charge in [0.25, 0.3) is 5.91 Å². The van der Waals surface area contributed by atoms with E-state index in [9.17, 15) is 9.18 Å². The molecule has 1 saturated heterocycles. The van der Waals surface area contributed by atoms with Crippen molar-refractivity contribution in [2.75, 3.05) is 20.1 Å². The number of aryl methyl sites for hydroxylation is 1. The molecule has 0 bridgehead atoms. The molecule has 1 aliphatic heterocycles. The first-order valence-corrected chi connectivity index (χ1v) is 11.6. The molecule has 0 spiro atoms. The van der Waals surface area contributed by atoms with Gasteiger partial charge in [-0.25, -0.2) is 9.37 Å². The summed E-state index contributed by atoms with van der Waals surface area (Å²) in [6, 6.07) is 12.3. The highest BCUT2D eigenvalue weighted by atomic mass is 19.1. The number of nitrogens with zero attached hydrogens (tertiary/aromatic N) is 6. The molecule has 1 atom stereocenters. The predicted octanol–water partition coefficient (Wildman–Crippen LogP) is 3.57. The number of nitrogens with one attached hydrogen (secondary N) is 1. The Bertz CT molecular complexity index is 1480. The minimum atomic E-state index is -0.624. The maximum absolute atomic E-state index is 14.6. The first-order valence-electron chi connectivity index (χ1n) is 11.6. The highest BCUT2D eigenvalue weighted by Crippen LogP contribution is 2.30. The number of piperidine rings is 1. The highest BCUT2D eigenvalue weighted by Gasteiger charge is 2.29. The van der Waals surface area contributed by atoms with Crippen molar-refractivity contribution in [3.8, 4) is 23.1 Å². The van der Waals surface area contributed by atoms with Crippen molar-refractivity contribution in [3.05, 3.63) is 65.4 Å². The average molecular weight is 472 g/mol. The lowest BCUT2D eigenvalue weighted by atomic mass is 10.1. The summed E-state index contributed by atoms with van der Waals surface area (Å²) in [5.41, 5.74) is 3.10. The van der Waals surface area contributed by atoms with Gasteiger partial charge in [-0.15, -0.1) is 0 Å². The maximum atomic E-state index is 14.6. The van der Waals surface area contributed by atoms with Crippen LogP contribution < -0.4 is 5.32 Å². The van der Waals surface area contributed by atoms with Crippen LogP contribution in [0.3, 0.4) is 0 Å². The summed E-state index contributed by atoms with van der Waals surface area (Å²) in [7, 11) is 3.77. The Labute approximate surface area is 202 Å². The number of carbonyl (C=O) groups excluding carboxylic acids is 1. The fourth-order valence-electron chi connectivity index (χ4n) is 4.78. The molecule has 178 valence electrons. The van der Waals surface area contributed by atoms with E-state index in [2.05, 4.69) is 10.4 Å². The van der Waals surface area contributed by atoms with E-state index in [0.29, 0.717) is 35.9 Å². The van der Waals surface area contributed by atoms with Crippen LogP contribution in [-0.2, 0) is 7.05 Å². The molecule has 1 aliphatic rings. The Hall–Kier alpha value is -4.03. The lowest BCUT2D eigenvalue weighted by Crippen LogP contribution is -2.47. The fraction of sp³-hybridized carbons (Fsp3) is 0.308. The van der Waals surface area contributed by atoms with E-state index >= 15 is 0 Å². The van der Waals surface area contributed by atoms with E-state index in [4.69, 9.17) is 10.2 Å². The van der Waals surface area contributed by atoms with Crippen molar-refractivity contribution in [3.63, 3.8) is 0 Å². The van der Waals surface area contributed by atoms with Crippen LogP contribution in [0, 0.1) is 24.1 Å². The third kappa shape index (κ3) is 4.06. The van der Waals surface area contributed by atoms with Gasteiger partial charge in [0.05, 0.1) is 16.8 Å². The molecule has 0 unspecified atom stereocenters. The lowest BCUT2D eigenvalue weighted by Gasteiger charge is -2.32. The van der Waals surface area contributed by atoms with Crippen molar-refractivity contribution in [1.82, 2.24) is 29.5 Å². The van der Waals surface area contributed by atoms with Crippen LogP contribution in [0.25, 0.3) is 28.0 Å². The van der Waals surface area contributed by atoms with Gasteiger partial charge in [0.1, 0.15) is 23.4 Å². The SMILES string of the molecule is CN[C@@H]1CCCN(C(=O)c2nc(-c3ccc(C#N)c(F)c3)n(-c3ccc4nn(C)cc4c3)c2C)C1. The van der Waals surface area contributed by atoms with Gasteiger partial charge in [-0.2, -0.15) is 10.4 Å². The van der Waals surface area contributed by atoms with Crippen molar-refractivity contribution < 1.29 is 9.18 Å². The minimum absolute atomic E-state index is 0.0388. The van der Waals surface area contributed by atoms with Crippen molar-refractivity contribution >= 4 is 16.8 Å². The van der Waals surface area contributed by atoms with Crippen LogP contribution >= 0.6 is 0 Å². The van der Waals surface area contributed by atoms with Crippen LogP contribution in [0.2, 0.25) is 0 Å². The molecule has 8 nitrogen and oxygen atoms in total. The second kappa shape index (κ2) is 8.96. The second-order valence-corrected chi connectivity index (χ2v) is 8.94. The average Bonchev–Trinajstić information content (AvgIpc) is 3.41. The van der Waals surface area contributed by atoms with E-state index in [1.807, 2.05) is 61.0 Å². The number of hydrogen-bond donors (Lipinski definition) is 1. The van der Waals surface area contributed by atoms with Gasteiger partial charge < -0.3 is 10.2 Å². The molecule has 35 heavy (non-hydrogen) atoms. The monoisotopic (exact) mass is 471 g/mol. The van der Waals surface area contributed by atoms with Crippen LogP contribution in [0.15, 0.2) is 42.6 Å². The van der Waals surface area contributed by atoms with Gasteiger partial charge in [-0.05, 0) is 63.2 Å². The summed E-state index contributed by atoms with van der Waals surface area (Å²) < 4.78 is 18.2. The van der Waals surface area contributed by atoms with Crippen LogP contribution in [0.5, 0.6) is 0 Å². The number of nitriles is 1. The first-order chi connectivity index (χ1) is 16.9. The molecular weight excluding hydrogens is 445 g/mol. The van der Waals surface area contributed by atoms with Crippen LogP contribution in [0.1, 0.15) is 34.6 Å². The summed E-state index contributed by atoms with van der Waals surface area (Å²) in [4.78, 5) is 20.2. The largest absolute Gasteiger partial charge is 0.336 e. The molecule has 2 aromatic carbocycles. The van der Waals surface area contributed by atoms with Gasteiger partial charge in [-0.3, -0.25) is 14.0 Å². The minimum Gasteiger partial charge on any atom is -0.336 e. The number of amides is 1. The maximum Gasteiger partial charge on any atom is 0.274 e. The van der Waals surface area contributed by atoms with E-state index in [-0.39, 0.29) is 17.5 Å². The predicted molar refractivity (Wildman–Crippen MR) is 131 cm³/mol. The quantitative estimate of drug-likeness (QED) is 0.491. The molecule has 1 N–H and O–H groups in total. The number of benzene rings is 2. The first kappa shape index (κ1) is 22.7. The van der Waals surface area contributed by atoms with Gasteiger partial charge in [0, 0.05) is 49.0 Å². The molecular formula is C26H26FN7O. The van der Waals surface area contributed by atoms with Crippen molar-refractivity contribution in [2.24, 2.45) is 7.05 Å². The second-order valence-electron chi connectivity index (χ2n) is 8.94. The standard InChI is InChI=1S/C26H26FN7O/c1-16-24(26(35)33-10-4-5-20(15-33)29-2)30-25(17-6-7-18(13-28)22(27)12-17)34(16)21-8-9-23-19(11-21)14-32(3)31-23/h6-9,11-12,14,20,29H,4-5,10,15H2,1-3H3/t20-/m1/s1. The number of likely N-dealkylation sites (tertiary alicyclic amines) is 1. The number of imidazole rings is 1. The van der Waals surface area contributed by atoms with Gasteiger partial charge in [0.15, 0.2) is 0 Å². The molecule has 1 amide bonds. The zero-order chi connectivity index (χ0) is 24.7. The molecule has 5 rings (SSSR count). The zero-order valence-corrected chi connectivity index (χ0v) is 19.9. The summed E-state index contributed by atoms with van der Waals surface area (Å²) in [6.45, 7) is 3.15. The number of carbonyl (C=O) groups is 1. The van der Waals surface area contributed by atoms with Gasteiger partial charge >= 0.3 is 0 Å². The molecule has 0 saturated carbocycles. The third-order valence-corrected chi connectivity index (χ3v) is 6.64. The molecule has 1 fully saturated rings. The van der Waals surface area contributed by atoms with E-state index in [0.717, 1.165) is 29.4 Å². The van der Waals surface area contributed by atoms with Crippen LogP contribution in [-0.4, -0.2) is 56.3 Å². The van der Waals surface area contributed by atoms with Crippen molar-refractivity contribution in [1.29, 1.82) is 5.26 Å². The van der Waals surface area contributed by atoms with E-state index in [1.54, 1.807) is 10.7 Å². The Morgan fingerprint density at radius 3 is 2.83 bits per heavy atom. The number of fused-ring (bicyclic) bond motifs is 1. The van der Waals surface area contributed by atoms with E-state index in [1.165, 1.54) is 12.1 Å². The van der Waals surface area contributed by atoms with E-state index < -0.39 is 5.82 Å². The molecule has 3 heterocycles. The molecule has 0 radical (unpaired) electrons. The van der Waals surface area contributed by atoms with Crippen molar-refractivity contribution in [2.45, 2.75) is 25.8 Å². The van der Waals surface area contributed by atoms with Gasteiger partial charge in [0.2, 0.25) is 0 Å². The molecule has 4 aromatic rings. The summed E-state index contributed by atoms with van der Waals surface area (Å²) >= 11 is 0. The fourth-order valence-corrected chi connectivity index (χ4v) is 4.78. The summed E-state index contributed by atoms with van der Waals surface area (Å²) in [6.07, 6.45) is 3.86. The highest BCUT2D eigenvalue weighted by molar-refractivity contribution is 5.95. The Kier molecular flexibility index (Phi) is 5.83. The number of likely N-dealkylation sites (N-methyl/N-ethyl adjacent to an activating group) is 1. The number of hydrogen-bond acceptors (Lipinski definition) is 5. The smallest absolute Gasteiger partial charge is 0.274 e. The lowest BCUT2D eigenvalue weighted by molar-refractivity contribution is 0.0692. The summed E-state index contributed by atoms with van der Waals surface area (Å²) in [5, 5.41) is 17.8. The third-order valence-electron chi connectivity index (χ3n) is 6.64.